The molecular weight excluding hydrogens is 408 g/mol. The Morgan fingerprint density at radius 2 is 1.75 bits per heavy atom. The van der Waals surface area contributed by atoms with Crippen LogP contribution >= 0.6 is 0 Å². The van der Waals surface area contributed by atoms with Gasteiger partial charge in [-0.25, -0.2) is 4.79 Å². The molecule has 0 bridgehead atoms. The lowest BCUT2D eigenvalue weighted by Crippen LogP contribution is -2.43. The van der Waals surface area contributed by atoms with Crippen LogP contribution in [0.4, 0.5) is 0 Å². The summed E-state index contributed by atoms with van der Waals surface area (Å²) in [5, 5.41) is 12.1. The molecule has 1 aliphatic rings. The summed E-state index contributed by atoms with van der Waals surface area (Å²) in [5.74, 6) is -1.67. The molecule has 1 fully saturated rings. The second-order valence-corrected chi connectivity index (χ2v) is 8.52. The highest BCUT2D eigenvalue weighted by molar-refractivity contribution is 5.92. The summed E-state index contributed by atoms with van der Waals surface area (Å²) < 4.78 is 0. The summed E-state index contributed by atoms with van der Waals surface area (Å²) in [6, 6.07) is 7.98. The van der Waals surface area contributed by atoms with Gasteiger partial charge in [0.1, 0.15) is 6.04 Å². The molecule has 7 heteroatoms. The third kappa shape index (κ3) is 8.44. The molecule has 176 valence electrons. The molecule has 2 N–H and O–H groups in total. The van der Waals surface area contributed by atoms with Crippen molar-refractivity contribution in [1.29, 1.82) is 0 Å². The molecule has 32 heavy (non-hydrogen) atoms. The molecule has 7 nitrogen and oxygen atoms in total. The summed E-state index contributed by atoms with van der Waals surface area (Å²) in [6.45, 7) is 2.55. The second-order valence-electron chi connectivity index (χ2n) is 8.52. The van der Waals surface area contributed by atoms with E-state index in [2.05, 4.69) is 12.2 Å². The zero-order valence-corrected chi connectivity index (χ0v) is 19.1. The van der Waals surface area contributed by atoms with Gasteiger partial charge in [-0.2, -0.15) is 0 Å². The third-order valence-electron chi connectivity index (χ3n) is 5.96. The van der Waals surface area contributed by atoms with E-state index in [4.69, 9.17) is 0 Å². The van der Waals surface area contributed by atoms with E-state index in [0.29, 0.717) is 32.2 Å². The lowest BCUT2D eigenvalue weighted by molar-refractivity contribution is -0.148. The van der Waals surface area contributed by atoms with Crippen molar-refractivity contribution in [2.75, 3.05) is 6.54 Å². The Bertz CT molecular complexity index is 765. The molecule has 0 saturated carbocycles. The first-order valence-electron chi connectivity index (χ1n) is 11.8. The number of benzene rings is 1. The number of hydrogen-bond donors (Lipinski definition) is 2. The van der Waals surface area contributed by atoms with Crippen molar-refractivity contribution < 1.29 is 24.3 Å². The van der Waals surface area contributed by atoms with E-state index in [-0.39, 0.29) is 30.4 Å². The van der Waals surface area contributed by atoms with E-state index >= 15 is 0 Å². The number of rotatable bonds is 14. The number of ketones is 1. The molecule has 0 aliphatic carbocycles. The van der Waals surface area contributed by atoms with Gasteiger partial charge >= 0.3 is 5.97 Å². The number of amides is 2. The fraction of sp³-hybridized carbons (Fsp3) is 0.600. The number of aliphatic carboxylic acids is 1. The third-order valence-corrected chi connectivity index (χ3v) is 5.96. The number of likely N-dealkylation sites (tertiary alicyclic amines) is 1. The van der Waals surface area contributed by atoms with Crippen molar-refractivity contribution >= 4 is 23.6 Å². The zero-order valence-electron chi connectivity index (χ0n) is 19.1. The molecule has 2 atom stereocenters. The van der Waals surface area contributed by atoms with Crippen LogP contribution in [-0.2, 0) is 25.6 Å². The van der Waals surface area contributed by atoms with E-state index in [1.165, 1.54) is 4.90 Å². The fourth-order valence-corrected chi connectivity index (χ4v) is 4.12. The van der Waals surface area contributed by atoms with Crippen LogP contribution in [0.25, 0.3) is 0 Å². The SMILES string of the molecule is CCCCCCCC(=O)N[C@@H](Cc1ccccc1)C(=O)CCC(=O)N1CCCC1C(=O)O. The van der Waals surface area contributed by atoms with Gasteiger partial charge in [0, 0.05) is 25.8 Å². The van der Waals surface area contributed by atoms with Crippen LogP contribution in [0, 0.1) is 0 Å². The van der Waals surface area contributed by atoms with Crippen molar-refractivity contribution in [3.05, 3.63) is 35.9 Å². The molecule has 2 amide bonds. The molecule has 0 aromatic heterocycles. The van der Waals surface area contributed by atoms with E-state index in [0.717, 1.165) is 37.7 Å². The first-order chi connectivity index (χ1) is 15.4. The smallest absolute Gasteiger partial charge is 0.326 e. The van der Waals surface area contributed by atoms with Gasteiger partial charge in [0.05, 0.1) is 6.04 Å². The highest BCUT2D eigenvalue weighted by atomic mass is 16.4. The van der Waals surface area contributed by atoms with Gasteiger partial charge in [-0.3, -0.25) is 14.4 Å². The van der Waals surface area contributed by atoms with Crippen molar-refractivity contribution in [1.82, 2.24) is 10.2 Å². The minimum atomic E-state index is -1.00. The Hall–Kier alpha value is -2.70. The largest absolute Gasteiger partial charge is 0.480 e. The number of nitrogens with one attached hydrogen (secondary N) is 1. The van der Waals surface area contributed by atoms with Gasteiger partial charge in [-0.1, -0.05) is 62.9 Å². The van der Waals surface area contributed by atoms with Gasteiger partial charge in [0.25, 0.3) is 0 Å². The summed E-state index contributed by atoms with van der Waals surface area (Å²) in [6.07, 6.45) is 6.99. The van der Waals surface area contributed by atoms with Gasteiger partial charge in [-0.15, -0.1) is 0 Å². The van der Waals surface area contributed by atoms with E-state index in [1.54, 1.807) is 0 Å². The van der Waals surface area contributed by atoms with E-state index < -0.39 is 18.1 Å². The molecule has 2 rings (SSSR count). The van der Waals surface area contributed by atoms with Crippen LogP contribution in [0.15, 0.2) is 30.3 Å². The van der Waals surface area contributed by atoms with E-state index in [9.17, 15) is 24.3 Å². The predicted molar refractivity (Wildman–Crippen MR) is 122 cm³/mol. The Balaban J connectivity index is 1.92. The van der Waals surface area contributed by atoms with Crippen molar-refractivity contribution in [3.63, 3.8) is 0 Å². The Morgan fingerprint density at radius 3 is 2.44 bits per heavy atom. The highest BCUT2D eigenvalue weighted by Crippen LogP contribution is 2.19. The zero-order chi connectivity index (χ0) is 23.3. The number of carboxylic acids is 1. The number of unbranched alkanes of at least 4 members (excludes halogenated alkanes) is 4. The summed E-state index contributed by atoms with van der Waals surface area (Å²) in [7, 11) is 0. The number of hydrogen-bond acceptors (Lipinski definition) is 4. The van der Waals surface area contributed by atoms with Crippen molar-refractivity contribution in [2.45, 2.75) is 89.6 Å². The number of Topliss-reactive ketones (excluding diaryl/α,β-unsaturated/α-hetero) is 1. The summed E-state index contributed by atoms with van der Waals surface area (Å²) >= 11 is 0. The van der Waals surface area contributed by atoms with Crippen molar-refractivity contribution in [2.24, 2.45) is 0 Å². The summed E-state index contributed by atoms with van der Waals surface area (Å²) in [5.41, 5.74) is 0.936. The van der Waals surface area contributed by atoms with Gasteiger partial charge < -0.3 is 15.3 Å². The van der Waals surface area contributed by atoms with Crippen LogP contribution in [0.3, 0.4) is 0 Å². The maximum absolute atomic E-state index is 12.9. The van der Waals surface area contributed by atoms with Crippen LogP contribution in [-0.4, -0.2) is 52.2 Å². The molecule has 1 unspecified atom stereocenters. The number of nitrogens with zero attached hydrogens (tertiary/aromatic N) is 1. The molecule has 0 radical (unpaired) electrons. The first kappa shape index (κ1) is 25.6. The van der Waals surface area contributed by atoms with Gasteiger partial charge in [-0.05, 0) is 31.2 Å². The van der Waals surface area contributed by atoms with Gasteiger partial charge in [0.15, 0.2) is 5.78 Å². The second kappa shape index (κ2) is 13.7. The lowest BCUT2D eigenvalue weighted by Gasteiger charge is -2.22. The lowest BCUT2D eigenvalue weighted by atomic mass is 9.99. The maximum atomic E-state index is 12.9. The van der Waals surface area contributed by atoms with Crippen molar-refractivity contribution in [3.8, 4) is 0 Å². The van der Waals surface area contributed by atoms with Crippen LogP contribution in [0.1, 0.15) is 76.7 Å². The Labute approximate surface area is 190 Å². The predicted octanol–water partition coefficient (Wildman–Crippen LogP) is 3.50. The number of carboxylic acid groups (broad SMARTS) is 1. The average molecular weight is 445 g/mol. The topological polar surface area (TPSA) is 104 Å². The molecular formula is C25H36N2O5. The van der Waals surface area contributed by atoms with Crippen LogP contribution < -0.4 is 5.32 Å². The summed E-state index contributed by atoms with van der Waals surface area (Å²) in [4.78, 5) is 50.6. The Morgan fingerprint density at radius 1 is 1.03 bits per heavy atom. The highest BCUT2D eigenvalue weighted by Gasteiger charge is 2.34. The normalized spacial score (nSPS) is 16.5. The standard InChI is InChI=1S/C25H36N2O5/c1-2-3-4-5-9-14-23(29)26-20(18-19-11-7-6-8-12-19)22(28)15-16-24(30)27-17-10-13-21(27)25(31)32/h6-8,11-12,20-21H,2-5,9-10,13-18H2,1H3,(H,26,29)(H,31,32)/t20-,21?/m0/s1. The van der Waals surface area contributed by atoms with E-state index in [1.807, 2.05) is 30.3 Å². The van der Waals surface area contributed by atoms with Gasteiger partial charge in [0.2, 0.25) is 11.8 Å². The van der Waals surface area contributed by atoms with Crippen LogP contribution in [0.2, 0.25) is 0 Å². The monoisotopic (exact) mass is 444 g/mol. The average Bonchev–Trinajstić information content (AvgIpc) is 3.28. The molecule has 1 aliphatic heterocycles. The molecule has 0 spiro atoms. The first-order valence-corrected chi connectivity index (χ1v) is 11.8. The number of carbonyl (C=O) groups is 4. The molecule has 1 aromatic rings. The maximum Gasteiger partial charge on any atom is 0.326 e. The van der Waals surface area contributed by atoms with Crippen LogP contribution in [0.5, 0.6) is 0 Å². The number of carbonyl (C=O) groups excluding carboxylic acids is 3. The molecule has 1 heterocycles. The molecule has 1 aromatic carbocycles. The minimum Gasteiger partial charge on any atom is -0.480 e. The Kier molecular flexibility index (Phi) is 10.9. The quantitative estimate of drug-likeness (QED) is 0.428. The minimum absolute atomic E-state index is 0.0179. The fourth-order valence-electron chi connectivity index (χ4n) is 4.12. The molecule has 1 saturated heterocycles.